The molecule has 1 amide bonds. The van der Waals surface area contributed by atoms with Gasteiger partial charge in [0, 0.05) is 6.04 Å². The van der Waals surface area contributed by atoms with Gasteiger partial charge in [0.25, 0.3) is 0 Å². The van der Waals surface area contributed by atoms with Gasteiger partial charge in [-0.2, -0.15) is 4.80 Å². The zero-order valence-corrected chi connectivity index (χ0v) is 14.0. The van der Waals surface area contributed by atoms with Crippen molar-refractivity contribution in [3.8, 4) is 10.7 Å². The molecule has 6 nitrogen and oxygen atoms in total. The summed E-state index contributed by atoms with van der Waals surface area (Å²) in [6.07, 6.45) is 5.36. The van der Waals surface area contributed by atoms with Gasteiger partial charge in [-0.1, -0.05) is 12.5 Å². The van der Waals surface area contributed by atoms with Gasteiger partial charge >= 0.3 is 0 Å². The summed E-state index contributed by atoms with van der Waals surface area (Å²) in [7, 11) is 0. The van der Waals surface area contributed by atoms with Gasteiger partial charge in [0.2, 0.25) is 11.7 Å². The van der Waals surface area contributed by atoms with Crippen molar-refractivity contribution in [2.24, 2.45) is 17.8 Å². The van der Waals surface area contributed by atoms with Gasteiger partial charge in [0.05, 0.1) is 4.88 Å². The minimum Gasteiger partial charge on any atom is -0.352 e. The zero-order valence-electron chi connectivity index (χ0n) is 13.2. The number of thiophene rings is 1. The first-order valence-corrected chi connectivity index (χ1v) is 9.18. The molecule has 7 heteroatoms. The van der Waals surface area contributed by atoms with Crippen LogP contribution in [0.3, 0.4) is 0 Å². The summed E-state index contributed by atoms with van der Waals surface area (Å²) < 4.78 is 0. The van der Waals surface area contributed by atoms with Crippen molar-refractivity contribution in [3.05, 3.63) is 17.5 Å². The van der Waals surface area contributed by atoms with Crippen LogP contribution in [0.15, 0.2) is 17.5 Å². The molecule has 4 atom stereocenters. The Kier molecular flexibility index (Phi) is 3.88. The maximum Gasteiger partial charge on any atom is 0.243 e. The van der Waals surface area contributed by atoms with Crippen LogP contribution < -0.4 is 5.32 Å². The number of fused-ring (bicyclic) bond motifs is 2. The van der Waals surface area contributed by atoms with Crippen LogP contribution in [-0.4, -0.2) is 32.2 Å². The van der Waals surface area contributed by atoms with E-state index in [1.165, 1.54) is 30.5 Å². The van der Waals surface area contributed by atoms with Gasteiger partial charge in [0.1, 0.15) is 6.54 Å². The summed E-state index contributed by atoms with van der Waals surface area (Å²) >= 11 is 1.56. The highest BCUT2D eigenvalue weighted by Crippen LogP contribution is 2.49. The fraction of sp³-hybridized carbons (Fsp3) is 0.625. The molecule has 4 rings (SSSR count). The topological polar surface area (TPSA) is 72.7 Å². The molecule has 0 aromatic carbocycles. The largest absolute Gasteiger partial charge is 0.352 e. The SMILES string of the molecule is CC(NC(=O)Cn1nnc(-c2cccs2)n1)C1CC2CCC1C2. The van der Waals surface area contributed by atoms with Gasteiger partial charge in [-0.3, -0.25) is 4.79 Å². The van der Waals surface area contributed by atoms with Crippen molar-refractivity contribution < 1.29 is 4.79 Å². The third-order valence-electron chi connectivity index (χ3n) is 5.30. The normalized spacial score (nSPS) is 27.3. The third kappa shape index (κ3) is 3.02. The molecule has 0 aliphatic heterocycles. The molecule has 2 heterocycles. The average molecular weight is 331 g/mol. The Hall–Kier alpha value is -1.76. The summed E-state index contributed by atoms with van der Waals surface area (Å²) in [4.78, 5) is 14.6. The standard InChI is InChI=1S/C16H21N5OS/c1-10(13-8-11-4-5-12(13)7-11)17-15(22)9-21-19-16(18-20-21)14-3-2-6-23-14/h2-3,6,10-13H,4-5,7-9H2,1H3,(H,17,22). The Bertz CT molecular complexity index is 682. The van der Waals surface area contributed by atoms with Crippen LogP contribution in [0.5, 0.6) is 0 Å². The molecule has 4 unspecified atom stereocenters. The van der Waals surface area contributed by atoms with Crippen molar-refractivity contribution in [1.82, 2.24) is 25.5 Å². The van der Waals surface area contributed by atoms with Crippen LogP contribution >= 0.6 is 11.3 Å². The first kappa shape index (κ1) is 14.8. The number of aromatic nitrogens is 4. The van der Waals surface area contributed by atoms with Crippen molar-refractivity contribution in [2.45, 2.75) is 45.2 Å². The molecular formula is C16H21N5OS. The fourth-order valence-electron chi connectivity index (χ4n) is 4.26. The van der Waals surface area contributed by atoms with Gasteiger partial charge in [-0.25, -0.2) is 0 Å². The predicted molar refractivity (Wildman–Crippen MR) is 87.7 cm³/mol. The van der Waals surface area contributed by atoms with Gasteiger partial charge in [-0.15, -0.1) is 21.5 Å². The molecule has 2 aromatic heterocycles. The molecule has 0 saturated heterocycles. The smallest absolute Gasteiger partial charge is 0.243 e. The molecule has 0 radical (unpaired) electrons. The molecule has 2 bridgehead atoms. The number of hydrogen-bond donors (Lipinski definition) is 1. The van der Waals surface area contributed by atoms with E-state index in [2.05, 4.69) is 27.7 Å². The maximum atomic E-state index is 12.2. The molecule has 2 fully saturated rings. The quantitative estimate of drug-likeness (QED) is 0.913. The highest BCUT2D eigenvalue weighted by Gasteiger charge is 2.42. The van der Waals surface area contributed by atoms with Crippen molar-refractivity contribution >= 4 is 17.2 Å². The van der Waals surface area contributed by atoms with E-state index < -0.39 is 0 Å². The van der Waals surface area contributed by atoms with Crippen LogP contribution in [-0.2, 0) is 11.3 Å². The lowest BCUT2D eigenvalue weighted by molar-refractivity contribution is -0.123. The van der Waals surface area contributed by atoms with E-state index in [1.54, 1.807) is 11.3 Å². The van der Waals surface area contributed by atoms with Gasteiger partial charge < -0.3 is 5.32 Å². The van der Waals surface area contributed by atoms with Crippen LogP contribution in [0.1, 0.15) is 32.6 Å². The number of rotatable bonds is 5. The fourth-order valence-corrected chi connectivity index (χ4v) is 4.90. The van der Waals surface area contributed by atoms with Gasteiger partial charge in [-0.05, 0) is 60.6 Å². The Morgan fingerprint density at radius 1 is 1.48 bits per heavy atom. The maximum absolute atomic E-state index is 12.2. The van der Waals surface area contributed by atoms with E-state index in [0.29, 0.717) is 11.7 Å². The van der Waals surface area contributed by atoms with Crippen molar-refractivity contribution in [3.63, 3.8) is 0 Å². The average Bonchev–Trinajstić information content (AvgIpc) is 3.30. The first-order valence-electron chi connectivity index (χ1n) is 8.30. The summed E-state index contributed by atoms with van der Waals surface area (Å²) in [5.41, 5.74) is 0. The number of hydrogen-bond acceptors (Lipinski definition) is 5. The number of amides is 1. The van der Waals surface area contributed by atoms with E-state index in [0.717, 1.165) is 16.7 Å². The predicted octanol–water partition coefficient (Wildman–Crippen LogP) is 2.34. The van der Waals surface area contributed by atoms with E-state index in [9.17, 15) is 4.79 Å². The van der Waals surface area contributed by atoms with E-state index in [4.69, 9.17) is 0 Å². The molecule has 2 aromatic rings. The highest BCUT2D eigenvalue weighted by atomic mass is 32.1. The molecule has 0 spiro atoms. The summed E-state index contributed by atoms with van der Waals surface area (Å²) in [6, 6.07) is 4.13. The number of tetrazole rings is 1. The molecular weight excluding hydrogens is 310 g/mol. The monoisotopic (exact) mass is 331 g/mol. The number of carbonyl (C=O) groups excluding carboxylic acids is 1. The Morgan fingerprint density at radius 2 is 2.39 bits per heavy atom. The minimum absolute atomic E-state index is 0.0320. The van der Waals surface area contributed by atoms with E-state index in [-0.39, 0.29) is 18.5 Å². The van der Waals surface area contributed by atoms with E-state index in [1.807, 2.05) is 17.5 Å². The lowest BCUT2D eigenvalue weighted by Gasteiger charge is -2.28. The molecule has 2 saturated carbocycles. The van der Waals surface area contributed by atoms with Gasteiger partial charge in [0.15, 0.2) is 0 Å². The second-order valence-electron chi connectivity index (χ2n) is 6.82. The first-order chi connectivity index (χ1) is 11.2. The molecule has 122 valence electrons. The zero-order chi connectivity index (χ0) is 15.8. The molecule has 23 heavy (non-hydrogen) atoms. The Balaban J connectivity index is 1.33. The number of carbonyl (C=O) groups is 1. The molecule has 1 N–H and O–H groups in total. The van der Waals surface area contributed by atoms with Crippen LogP contribution in [0.25, 0.3) is 10.7 Å². The lowest BCUT2D eigenvalue weighted by Crippen LogP contribution is -2.41. The Morgan fingerprint density at radius 3 is 3.09 bits per heavy atom. The van der Waals surface area contributed by atoms with Crippen LogP contribution in [0, 0.1) is 17.8 Å². The van der Waals surface area contributed by atoms with E-state index >= 15 is 0 Å². The lowest BCUT2D eigenvalue weighted by atomic mass is 9.84. The Labute approximate surface area is 139 Å². The number of nitrogens with one attached hydrogen (secondary N) is 1. The summed E-state index contributed by atoms with van der Waals surface area (Å²) in [5.74, 6) is 2.90. The minimum atomic E-state index is -0.0320. The summed E-state index contributed by atoms with van der Waals surface area (Å²) in [6.45, 7) is 2.26. The van der Waals surface area contributed by atoms with Crippen molar-refractivity contribution in [1.29, 1.82) is 0 Å². The summed E-state index contributed by atoms with van der Waals surface area (Å²) in [5, 5.41) is 17.4. The molecule has 2 aliphatic rings. The van der Waals surface area contributed by atoms with Crippen molar-refractivity contribution in [2.75, 3.05) is 0 Å². The second kappa shape index (κ2) is 6.03. The second-order valence-corrected chi connectivity index (χ2v) is 7.76. The van der Waals surface area contributed by atoms with Crippen LogP contribution in [0.2, 0.25) is 0 Å². The highest BCUT2D eigenvalue weighted by molar-refractivity contribution is 7.13. The number of nitrogens with zero attached hydrogens (tertiary/aromatic N) is 4. The van der Waals surface area contributed by atoms with Crippen LogP contribution in [0.4, 0.5) is 0 Å². The third-order valence-corrected chi connectivity index (χ3v) is 6.17. The molecule has 2 aliphatic carbocycles.